The first-order chi connectivity index (χ1) is 10.6. The zero-order valence-corrected chi connectivity index (χ0v) is 13.5. The number of hydrogen-bond donors (Lipinski definition) is 1. The summed E-state index contributed by atoms with van der Waals surface area (Å²) >= 11 is 6.07. The molecule has 3 aromatic heterocycles. The molecule has 0 radical (unpaired) electrons. The summed E-state index contributed by atoms with van der Waals surface area (Å²) in [5.74, 6) is 2.10. The molecule has 0 spiro atoms. The first-order valence-corrected chi connectivity index (χ1v) is 7.54. The Balaban J connectivity index is 1.79. The van der Waals surface area contributed by atoms with Gasteiger partial charge in [-0.05, 0) is 18.1 Å². The van der Waals surface area contributed by atoms with Gasteiger partial charge in [0, 0.05) is 13.2 Å². The van der Waals surface area contributed by atoms with E-state index in [-0.39, 0.29) is 6.04 Å². The molecule has 0 saturated heterocycles. The van der Waals surface area contributed by atoms with E-state index in [1.807, 2.05) is 23.7 Å². The molecule has 0 aliphatic heterocycles. The number of pyridine rings is 1. The largest absolute Gasteiger partial charge is 0.460 e. The van der Waals surface area contributed by atoms with Crippen molar-refractivity contribution in [2.45, 2.75) is 26.4 Å². The Hall–Kier alpha value is -1.92. The fourth-order valence-electron chi connectivity index (χ4n) is 2.48. The van der Waals surface area contributed by atoms with Gasteiger partial charge in [-0.2, -0.15) is 0 Å². The fraction of sp³-hybridized carbons (Fsp3) is 0.400. The van der Waals surface area contributed by atoms with Crippen LogP contribution in [0.2, 0.25) is 5.15 Å². The van der Waals surface area contributed by atoms with Crippen molar-refractivity contribution in [1.29, 1.82) is 0 Å². The molecule has 3 rings (SSSR count). The van der Waals surface area contributed by atoms with Gasteiger partial charge in [-0.25, -0.2) is 4.98 Å². The maximum Gasteiger partial charge on any atom is 0.149 e. The number of aryl methyl sites for hydroxylation is 1. The molecule has 0 amide bonds. The summed E-state index contributed by atoms with van der Waals surface area (Å²) in [6, 6.07) is 3.83. The molecule has 0 bridgehead atoms. The normalized spacial score (nSPS) is 13.1. The maximum atomic E-state index is 6.07. The highest BCUT2D eigenvalue weighted by atomic mass is 35.5. The van der Waals surface area contributed by atoms with E-state index >= 15 is 0 Å². The zero-order chi connectivity index (χ0) is 15.7. The molecular formula is C15H18ClN5O. The predicted molar refractivity (Wildman–Crippen MR) is 84.4 cm³/mol. The molecule has 3 aromatic rings. The van der Waals surface area contributed by atoms with Crippen molar-refractivity contribution in [3.05, 3.63) is 41.4 Å². The topological polar surface area (TPSA) is 68.8 Å². The Kier molecular flexibility index (Phi) is 4.13. The Morgan fingerprint density at radius 2 is 2.23 bits per heavy atom. The molecule has 6 nitrogen and oxygen atoms in total. The van der Waals surface area contributed by atoms with Gasteiger partial charge in [0.2, 0.25) is 0 Å². The molecule has 0 saturated carbocycles. The number of nitrogens with zero attached hydrogens (tertiary/aromatic N) is 4. The van der Waals surface area contributed by atoms with Crippen LogP contribution in [0.3, 0.4) is 0 Å². The van der Waals surface area contributed by atoms with Crippen molar-refractivity contribution < 1.29 is 4.42 Å². The van der Waals surface area contributed by atoms with Gasteiger partial charge in [-0.15, -0.1) is 10.2 Å². The van der Waals surface area contributed by atoms with Gasteiger partial charge in [0.25, 0.3) is 0 Å². The predicted octanol–water partition coefficient (Wildman–Crippen LogP) is 3.10. The average Bonchev–Trinajstić information content (AvgIpc) is 3.06. The lowest BCUT2D eigenvalue weighted by atomic mass is 10.0. The van der Waals surface area contributed by atoms with Gasteiger partial charge in [0.15, 0.2) is 0 Å². The number of rotatable bonds is 5. The Labute approximate surface area is 133 Å². The van der Waals surface area contributed by atoms with Crippen LogP contribution in [0, 0.1) is 5.92 Å². The summed E-state index contributed by atoms with van der Waals surface area (Å²) < 4.78 is 7.72. The highest BCUT2D eigenvalue weighted by Crippen LogP contribution is 2.26. The molecule has 0 fully saturated rings. The minimum absolute atomic E-state index is 0.0920. The zero-order valence-electron chi connectivity index (χ0n) is 12.7. The van der Waals surface area contributed by atoms with Crippen molar-refractivity contribution >= 4 is 22.6 Å². The lowest BCUT2D eigenvalue weighted by Crippen LogP contribution is -2.27. The second-order valence-electron chi connectivity index (χ2n) is 5.63. The molecule has 1 atom stereocenters. The number of fused-ring (bicyclic) bond motifs is 1. The summed E-state index contributed by atoms with van der Waals surface area (Å²) in [4.78, 5) is 4.06. The van der Waals surface area contributed by atoms with Crippen LogP contribution in [0.1, 0.15) is 31.5 Å². The second-order valence-corrected chi connectivity index (χ2v) is 5.99. The fourth-order valence-corrected chi connectivity index (χ4v) is 2.68. The van der Waals surface area contributed by atoms with E-state index in [0.29, 0.717) is 17.6 Å². The summed E-state index contributed by atoms with van der Waals surface area (Å²) in [7, 11) is 1.94. The average molecular weight is 320 g/mol. The maximum absolute atomic E-state index is 6.07. The van der Waals surface area contributed by atoms with Crippen LogP contribution in [0.4, 0.5) is 0 Å². The van der Waals surface area contributed by atoms with Crippen molar-refractivity contribution in [3.8, 4) is 0 Å². The molecule has 116 valence electrons. The number of aromatic nitrogens is 4. The van der Waals surface area contributed by atoms with Gasteiger partial charge in [-0.3, -0.25) is 0 Å². The quantitative estimate of drug-likeness (QED) is 0.732. The van der Waals surface area contributed by atoms with Crippen molar-refractivity contribution in [2.75, 3.05) is 0 Å². The SMILES string of the molecule is CC(C)[C@H](NCc1cc2c(Cl)nccc2o1)c1nncn1C. The van der Waals surface area contributed by atoms with Crippen LogP contribution in [0.15, 0.2) is 29.1 Å². The highest BCUT2D eigenvalue weighted by Gasteiger charge is 2.20. The van der Waals surface area contributed by atoms with Crippen LogP contribution >= 0.6 is 11.6 Å². The van der Waals surface area contributed by atoms with Gasteiger partial charge >= 0.3 is 0 Å². The van der Waals surface area contributed by atoms with E-state index in [9.17, 15) is 0 Å². The summed E-state index contributed by atoms with van der Waals surface area (Å²) in [6.07, 6.45) is 3.35. The van der Waals surface area contributed by atoms with Crippen LogP contribution in [0.25, 0.3) is 11.0 Å². The molecule has 7 heteroatoms. The molecule has 0 aliphatic rings. The van der Waals surface area contributed by atoms with E-state index in [1.165, 1.54) is 0 Å². The first kappa shape index (κ1) is 15.0. The number of nitrogens with one attached hydrogen (secondary N) is 1. The molecule has 3 heterocycles. The smallest absolute Gasteiger partial charge is 0.149 e. The van der Waals surface area contributed by atoms with Gasteiger partial charge in [-0.1, -0.05) is 25.4 Å². The Morgan fingerprint density at radius 1 is 1.41 bits per heavy atom. The van der Waals surface area contributed by atoms with Gasteiger partial charge in [0.05, 0.1) is 18.0 Å². The molecule has 22 heavy (non-hydrogen) atoms. The van der Waals surface area contributed by atoms with Crippen molar-refractivity contribution in [3.63, 3.8) is 0 Å². The summed E-state index contributed by atoms with van der Waals surface area (Å²) in [6.45, 7) is 4.87. The van der Waals surface area contributed by atoms with E-state index in [2.05, 4.69) is 34.3 Å². The third-order valence-corrected chi connectivity index (χ3v) is 3.94. The molecule has 1 N–H and O–H groups in total. The van der Waals surface area contributed by atoms with Crippen LogP contribution in [0.5, 0.6) is 0 Å². The summed E-state index contributed by atoms with van der Waals surface area (Å²) in [5, 5.41) is 12.9. The van der Waals surface area contributed by atoms with Gasteiger partial charge < -0.3 is 14.3 Å². The number of hydrogen-bond acceptors (Lipinski definition) is 5. The van der Waals surface area contributed by atoms with E-state index < -0.39 is 0 Å². The Morgan fingerprint density at radius 3 is 2.86 bits per heavy atom. The van der Waals surface area contributed by atoms with E-state index in [4.69, 9.17) is 16.0 Å². The van der Waals surface area contributed by atoms with E-state index in [0.717, 1.165) is 22.6 Å². The monoisotopic (exact) mass is 319 g/mol. The van der Waals surface area contributed by atoms with Crippen LogP contribution < -0.4 is 5.32 Å². The van der Waals surface area contributed by atoms with E-state index in [1.54, 1.807) is 12.5 Å². The molecule has 0 aliphatic carbocycles. The Bertz CT molecular complexity index is 779. The third kappa shape index (κ3) is 2.84. The minimum atomic E-state index is 0.0920. The minimum Gasteiger partial charge on any atom is -0.460 e. The molecule has 0 unspecified atom stereocenters. The van der Waals surface area contributed by atoms with Crippen molar-refractivity contribution in [2.24, 2.45) is 13.0 Å². The number of halogens is 1. The lowest BCUT2D eigenvalue weighted by molar-refractivity contribution is 0.367. The highest BCUT2D eigenvalue weighted by molar-refractivity contribution is 6.34. The third-order valence-electron chi connectivity index (χ3n) is 3.64. The molecule has 0 aromatic carbocycles. The van der Waals surface area contributed by atoms with Crippen LogP contribution in [-0.4, -0.2) is 19.7 Å². The number of furan rings is 1. The summed E-state index contributed by atoms with van der Waals surface area (Å²) in [5.41, 5.74) is 0.747. The molecular weight excluding hydrogens is 302 g/mol. The standard InChI is InChI=1S/C15H18ClN5O/c1-9(2)13(15-20-19-8-21(15)3)18-7-10-6-11-12(22-10)4-5-17-14(11)16/h4-6,8-9,13,18H,7H2,1-3H3/t13-/m0/s1. The second kappa shape index (κ2) is 6.06. The lowest BCUT2D eigenvalue weighted by Gasteiger charge is -2.20. The van der Waals surface area contributed by atoms with Crippen LogP contribution in [-0.2, 0) is 13.6 Å². The first-order valence-electron chi connectivity index (χ1n) is 7.16. The van der Waals surface area contributed by atoms with Crippen molar-refractivity contribution in [1.82, 2.24) is 25.1 Å². The van der Waals surface area contributed by atoms with Gasteiger partial charge in [0.1, 0.15) is 28.6 Å².